The Morgan fingerprint density at radius 2 is 1.68 bits per heavy atom. The molecule has 0 spiro atoms. The molecule has 0 bridgehead atoms. The first kappa shape index (κ1) is 30.4. The van der Waals surface area contributed by atoms with Gasteiger partial charge in [-0.15, -0.1) is 0 Å². The van der Waals surface area contributed by atoms with Crippen LogP contribution in [0.1, 0.15) is 41.0 Å². The Labute approximate surface area is 241 Å². The van der Waals surface area contributed by atoms with E-state index >= 15 is 0 Å². The van der Waals surface area contributed by atoms with Crippen LogP contribution in [0, 0.1) is 13.8 Å². The van der Waals surface area contributed by atoms with E-state index in [1.165, 1.54) is 6.26 Å². The minimum atomic E-state index is -3.60. The van der Waals surface area contributed by atoms with Crippen LogP contribution in [0.3, 0.4) is 0 Å². The topological polar surface area (TPSA) is 125 Å². The van der Waals surface area contributed by atoms with Gasteiger partial charge in [-0.1, -0.05) is 24.3 Å². The average Bonchev–Trinajstić information content (AvgIpc) is 3.25. The quantitative estimate of drug-likeness (QED) is 0.305. The summed E-state index contributed by atoms with van der Waals surface area (Å²) in [7, 11) is -6.61. The number of aryl methyl sites for hydroxylation is 2. The predicted molar refractivity (Wildman–Crippen MR) is 158 cm³/mol. The first-order valence-corrected chi connectivity index (χ1v) is 17.1. The number of hydrogen-bond donors (Lipinski definition) is 1. The third-order valence-electron chi connectivity index (χ3n) is 6.65. The van der Waals surface area contributed by atoms with Crippen molar-refractivity contribution in [1.29, 1.82) is 0 Å². The molecule has 41 heavy (non-hydrogen) atoms. The molecule has 0 aromatic heterocycles. The molecule has 0 aliphatic carbocycles. The molecule has 1 aliphatic rings. The van der Waals surface area contributed by atoms with Crippen molar-refractivity contribution in [3.8, 4) is 28.4 Å². The lowest BCUT2D eigenvalue weighted by atomic mass is 9.94. The van der Waals surface area contributed by atoms with Crippen LogP contribution in [0.15, 0.2) is 54.6 Å². The third-order valence-corrected chi connectivity index (χ3v) is 8.28. The molecular formula is C30H35NO8S2. The van der Waals surface area contributed by atoms with Gasteiger partial charge in [0.05, 0.1) is 25.2 Å². The van der Waals surface area contributed by atoms with Crippen molar-refractivity contribution in [3.63, 3.8) is 0 Å². The van der Waals surface area contributed by atoms with Crippen LogP contribution < -0.4 is 18.9 Å². The minimum Gasteiger partial charge on any atom is -0.494 e. The summed E-state index contributed by atoms with van der Waals surface area (Å²) >= 11 is 0. The highest BCUT2D eigenvalue weighted by atomic mass is 32.2. The Bertz CT molecular complexity index is 1630. The smallest absolute Gasteiger partial charge is 0.234 e. The minimum absolute atomic E-state index is 0.0161. The molecule has 1 atom stereocenters. The molecule has 220 valence electrons. The predicted octanol–water partition coefficient (Wildman–Crippen LogP) is 4.30. The van der Waals surface area contributed by atoms with Crippen LogP contribution in [-0.2, 0) is 31.3 Å². The summed E-state index contributed by atoms with van der Waals surface area (Å²) in [4.78, 5) is 12.0. The summed E-state index contributed by atoms with van der Waals surface area (Å²) in [6, 6.07) is 17.5. The van der Waals surface area contributed by atoms with Gasteiger partial charge in [0.25, 0.3) is 0 Å². The molecule has 1 aliphatic heterocycles. The first-order valence-electron chi connectivity index (χ1n) is 13.2. The van der Waals surface area contributed by atoms with Crippen molar-refractivity contribution in [2.75, 3.05) is 31.5 Å². The molecule has 0 radical (unpaired) electrons. The van der Waals surface area contributed by atoms with E-state index < -0.39 is 25.8 Å². The van der Waals surface area contributed by atoms with Crippen LogP contribution in [-0.4, -0.2) is 54.2 Å². The average molecular weight is 602 g/mol. The van der Waals surface area contributed by atoms with Crippen LogP contribution in [0.4, 0.5) is 0 Å². The second kappa shape index (κ2) is 12.5. The zero-order valence-electron chi connectivity index (χ0n) is 23.6. The maximum Gasteiger partial charge on any atom is 0.234 e. The van der Waals surface area contributed by atoms with E-state index in [1.54, 1.807) is 6.07 Å². The van der Waals surface area contributed by atoms with Crippen LogP contribution in [0.5, 0.6) is 17.2 Å². The summed E-state index contributed by atoms with van der Waals surface area (Å²) in [5.41, 5.74) is 6.09. The largest absolute Gasteiger partial charge is 0.494 e. The summed E-state index contributed by atoms with van der Waals surface area (Å²) in [6.45, 7) is 5.02. The standard InChI is InChI=1S/C30H35NO8S2/c1-20-13-26(37-11-6-12-40(3,33)34)14-21(2)30(20)23-8-5-7-22(15-23)18-38-25-9-10-27-24(19-39-28(27)17-25)16-29(32)31-41(4,35)36/h5,7-10,13-15,17,24H,6,11-12,16,18-19H2,1-4H3,(H,31,32). The van der Waals surface area contributed by atoms with E-state index in [1.807, 2.05) is 55.0 Å². The second-order valence-electron chi connectivity index (χ2n) is 10.5. The molecule has 9 nitrogen and oxygen atoms in total. The number of carbonyl (C=O) groups is 1. The number of benzene rings is 3. The van der Waals surface area contributed by atoms with Crippen LogP contribution in [0.25, 0.3) is 11.1 Å². The third kappa shape index (κ3) is 8.71. The Morgan fingerprint density at radius 1 is 0.951 bits per heavy atom. The molecule has 1 N–H and O–H groups in total. The van der Waals surface area contributed by atoms with Gasteiger partial charge in [0.2, 0.25) is 15.9 Å². The summed E-state index contributed by atoms with van der Waals surface area (Å²) in [5, 5.41) is 0. The molecule has 1 unspecified atom stereocenters. The fourth-order valence-electron chi connectivity index (χ4n) is 4.94. The SMILES string of the molecule is Cc1cc(OCCCS(C)(=O)=O)cc(C)c1-c1cccc(COc2ccc3c(c2)OCC3CC(=O)NS(C)(=O)=O)c1. The molecule has 0 fully saturated rings. The van der Waals surface area contributed by atoms with E-state index in [4.69, 9.17) is 14.2 Å². The van der Waals surface area contributed by atoms with E-state index in [2.05, 4.69) is 12.1 Å². The number of hydrogen-bond acceptors (Lipinski definition) is 8. The van der Waals surface area contributed by atoms with Gasteiger partial charge in [0, 0.05) is 30.2 Å². The number of rotatable bonds is 12. The molecule has 0 saturated carbocycles. The summed E-state index contributed by atoms with van der Waals surface area (Å²) < 4.78 is 64.9. The summed E-state index contributed by atoms with van der Waals surface area (Å²) in [6.07, 6.45) is 2.63. The van der Waals surface area contributed by atoms with Crippen molar-refractivity contribution in [3.05, 3.63) is 76.9 Å². The van der Waals surface area contributed by atoms with Gasteiger partial charge in [0.1, 0.15) is 33.7 Å². The van der Waals surface area contributed by atoms with Gasteiger partial charge in [-0.2, -0.15) is 0 Å². The van der Waals surface area contributed by atoms with Gasteiger partial charge in [-0.25, -0.2) is 16.8 Å². The molecule has 1 amide bonds. The lowest BCUT2D eigenvalue weighted by molar-refractivity contribution is -0.119. The molecule has 3 aromatic carbocycles. The zero-order valence-corrected chi connectivity index (χ0v) is 25.2. The number of fused-ring (bicyclic) bond motifs is 1. The van der Waals surface area contributed by atoms with Crippen molar-refractivity contribution in [2.24, 2.45) is 0 Å². The summed E-state index contributed by atoms with van der Waals surface area (Å²) in [5.74, 6) is 1.27. The highest BCUT2D eigenvalue weighted by Crippen LogP contribution is 2.38. The lowest BCUT2D eigenvalue weighted by Gasteiger charge is -2.15. The van der Waals surface area contributed by atoms with Gasteiger partial charge < -0.3 is 14.2 Å². The van der Waals surface area contributed by atoms with E-state index in [0.717, 1.165) is 39.6 Å². The number of sulfonamides is 1. The number of sulfone groups is 1. The van der Waals surface area contributed by atoms with Gasteiger partial charge >= 0.3 is 0 Å². The van der Waals surface area contributed by atoms with E-state index in [0.29, 0.717) is 43.5 Å². The van der Waals surface area contributed by atoms with Crippen LogP contribution in [0.2, 0.25) is 0 Å². The fourth-order valence-corrected chi connectivity index (χ4v) is 6.08. The fraction of sp³-hybridized carbons (Fsp3) is 0.367. The maximum atomic E-state index is 12.0. The number of amides is 1. The van der Waals surface area contributed by atoms with E-state index in [9.17, 15) is 21.6 Å². The number of ether oxygens (including phenoxy) is 3. The molecule has 11 heteroatoms. The highest BCUT2D eigenvalue weighted by molar-refractivity contribution is 7.90. The molecule has 0 saturated heterocycles. The van der Waals surface area contributed by atoms with Crippen molar-refractivity contribution < 1.29 is 35.8 Å². The van der Waals surface area contributed by atoms with Crippen molar-refractivity contribution >= 4 is 25.8 Å². The Kier molecular flexibility index (Phi) is 9.28. The van der Waals surface area contributed by atoms with Crippen LogP contribution >= 0.6 is 0 Å². The van der Waals surface area contributed by atoms with E-state index in [-0.39, 0.29) is 18.1 Å². The van der Waals surface area contributed by atoms with Gasteiger partial charge in [-0.3, -0.25) is 9.52 Å². The van der Waals surface area contributed by atoms with Crippen molar-refractivity contribution in [2.45, 2.75) is 39.2 Å². The normalized spacial score (nSPS) is 14.7. The monoisotopic (exact) mass is 601 g/mol. The maximum absolute atomic E-state index is 12.0. The Balaban J connectivity index is 1.39. The Morgan fingerprint density at radius 3 is 2.37 bits per heavy atom. The first-order chi connectivity index (χ1) is 19.3. The zero-order chi connectivity index (χ0) is 29.8. The van der Waals surface area contributed by atoms with Gasteiger partial charge in [0.15, 0.2) is 0 Å². The molecule has 3 aromatic rings. The molecular weight excluding hydrogens is 566 g/mol. The Hall–Kier alpha value is -3.57. The highest BCUT2D eigenvalue weighted by Gasteiger charge is 2.27. The van der Waals surface area contributed by atoms with Gasteiger partial charge in [-0.05, 0) is 72.4 Å². The molecule has 4 rings (SSSR count). The second-order valence-corrected chi connectivity index (χ2v) is 14.5. The molecule has 1 heterocycles. The number of nitrogens with one attached hydrogen (secondary N) is 1. The lowest BCUT2D eigenvalue weighted by Crippen LogP contribution is -2.30. The van der Waals surface area contributed by atoms with Crippen molar-refractivity contribution in [1.82, 2.24) is 4.72 Å². The number of carbonyl (C=O) groups excluding carboxylic acids is 1.